The molecule has 0 atom stereocenters. The molecule has 8 aromatic rings. The Hall–Kier alpha value is -8.25. The lowest BCUT2D eigenvalue weighted by Crippen LogP contribution is -2.09. The number of carboxylic acids is 1. The Morgan fingerprint density at radius 3 is 1.67 bits per heavy atom. The molecule has 1 N–H and O–H groups in total. The Morgan fingerprint density at radius 2 is 1.09 bits per heavy atom. The van der Waals surface area contributed by atoms with Gasteiger partial charge >= 0.3 is 5.97 Å². The Labute approximate surface area is 369 Å². The molecule has 12 nitrogen and oxygen atoms in total. The van der Waals surface area contributed by atoms with Crippen LogP contribution in [0.3, 0.4) is 0 Å². The molecule has 0 radical (unpaired) electrons. The van der Waals surface area contributed by atoms with Crippen molar-refractivity contribution in [2.45, 2.75) is 19.6 Å². The number of aromatic nitrogens is 2. The number of hydrogen-bond acceptors (Lipinski definition) is 11. The molecule has 0 fully saturated rings. The van der Waals surface area contributed by atoms with Crippen molar-refractivity contribution in [1.82, 2.24) is 9.97 Å². The number of benzene rings is 6. The normalized spacial score (nSPS) is 10.6. The van der Waals surface area contributed by atoms with Crippen molar-refractivity contribution in [3.05, 3.63) is 191 Å². The van der Waals surface area contributed by atoms with E-state index in [-0.39, 0.29) is 23.6 Å². The third-order valence-corrected chi connectivity index (χ3v) is 10.3. The number of carboxylic acid groups (broad SMARTS) is 1. The van der Waals surface area contributed by atoms with E-state index in [1.807, 2.05) is 97.1 Å². The summed E-state index contributed by atoms with van der Waals surface area (Å²) in [6, 6.07) is 40.9. The summed E-state index contributed by atoms with van der Waals surface area (Å²) in [5, 5.41) is 12.0. The molecular weight excluding hydrogens is 813 g/mol. The van der Waals surface area contributed by atoms with Crippen LogP contribution in [-0.2, 0) is 19.6 Å². The standard InChI is InChI=1S/C26H21NO6.C26H23NO4/c1-31-18-10-6-9-17(11-18)25(28)24-20-13-22(32-2)23(33-15-16-7-4-3-5-8-16)12-19(20)21(14-27-24)26(29)30;1-29-21-10-6-9-19(11-21)12-24-23-14-25(30-2)26(13-22(23)20(16-28)15-27-24)31-17-18-7-4-3-5-8-18/h3-14H,15H2,1-2H3,(H,29,30);3-11,13-16H,12,17H2,1-2H3. The summed E-state index contributed by atoms with van der Waals surface area (Å²) < 4.78 is 33.6. The first-order chi connectivity index (χ1) is 31.2. The molecule has 2 heterocycles. The number of methoxy groups -OCH3 is 4. The number of nitrogens with zero attached hydrogens (tertiary/aromatic N) is 2. The van der Waals surface area contributed by atoms with Crippen molar-refractivity contribution in [2.75, 3.05) is 28.4 Å². The fourth-order valence-electron chi connectivity index (χ4n) is 7.05. The summed E-state index contributed by atoms with van der Waals surface area (Å²) in [5.74, 6) is 1.70. The van der Waals surface area contributed by atoms with Crippen molar-refractivity contribution >= 4 is 39.6 Å². The van der Waals surface area contributed by atoms with E-state index >= 15 is 0 Å². The number of carbonyl (C=O) groups excluding carboxylic acids is 2. The van der Waals surface area contributed by atoms with Crippen molar-refractivity contribution in [2.24, 2.45) is 0 Å². The molecule has 0 spiro atoms. The average molecular weight is 857 g/mol. The zero-order chi connectivity index (χ0) is 45.0. The maximum Gasteiger partial charge on any atom is 0.337 e. The summed E-state index contributed by atoms with van der Waals surface area (Å²) in [5.41, 5.74) is 4.86. The fraction of sp³-hybridized carbons (Fsp3) is 0.135. The molecule has 0 saturated carbocycles. The minimum absolute atomic E-state index is 0.0422. The quantitative estimate of drug-likeness (QED) is 0.0727. The van der Waals surface area contributed by atoms with Gasteiger partial charge in [-0.15, -0.1) is 0 Å². The second-order valence-electron chi connectivity index (χ2n) is 14.3. The molecule has 322 valence electrons. The number of aromatic carboxylic acids is 1. The lowest BCUT2D eigenvalue weighted by Gasteiger charge is -2.15. The summed E-state index contributed by atoms with van der Waals surface area (Å²) in [6.07, 6.45) is 4.21. The third kappa shape index (κ3) is 10.1. The summed E-state index contributed by atoms with van der Waals surface area (Å²) in [6.45, 7) is 0.673. The Morgan fingerprint density at radius 1 is 0.547 bits per heavy atom. The maximum absolute atomic E-state index is 13.3. The van der Waals surface area contributed by atoms with Gasteiger partial charge in [0.2, 0.25) is 5.78 Å². The van der Waals surface area contributed by atoms with Gasteiger partial charge in [0.15, 0.2) is 29.3 Å². The summed E-state index contributed by atoms with van der Waals surface area (Å²) in [4.78, 5) is 45.6. The molecule has 0 amide bonds. The molecule has 12 heteroatoms. The monoisotopic (exact) mass is 856 g/mol. The summed E-state index contributed by atoms with van der Waals surface area (Å²) in [7, 11) is 6.25. The van der Waals surface area contributed by atoms with Crippen LogP contribution in [0.4, 0.5) is 0 Å². The number of pyridine rings is 2. The van der Waals surface area contributed by atoms with Crippen LogP contribution in [0.5, 0.6) is 34.5 Å². The highest BCUT2D eigenvalue weighted by Gasteiger charge is 2.22. The van der Waals surface area contributed by atoms with Crippen LogP contribution in [0, 0.1) is 0 Å². The number of ether oxygens (including phenoxy) is 6. The predicted molar refractivity (Wildman–Crippen MR) is 243 cm³/mol. The van der Waals surface area contributed by atoms with E-state index in [2.05, 4.69) is 9.97 Å². The Balaban J connectivity index is 0.000000192. The second-order valence-corrected chi connectivity index (χ2v) is 14.3. The number of aldehydes is 1. The molecule has 0 unspecified atom stereocenters. The molecule has 0 aliphatic heterocycles. The summed E-state index contributed by atoms with van der Waals surface area (Å²) >= 11 is 0. The molecule has 0 aliphatic rings. The predicted octanol–water partition coefficient (Wildman–Crippen LogP) is 9.99. The lowest BCUT2D eigenvalue weighted by molar-refractivity contribution is 0.0698. The van der Waals surface area contributed by atoms with Gasteiger partial charge < -0.3 is 33.5 Å². The number of fused-ring (bicyclic) bond motifs is 2. The van der Waals surface area contributed by atoms with Crippen LogP contribution in [0.25, 0.3) is 21.5 Å². The van der Waals surface area contributed by atoms with Gasteiger partial charge in [-0.05, 0) is 70.6 Å². The largest absolute Gasteiger partial charge is 0.497 e. The van der Waals surface area contributed by atoms with Gasteiger partial charge in [-0.25, -0.2) is 4.79 Å². The van der Waals surface area contributed by atoms with Crippen LogP contribution >= 0.6 is 0 Å². The van der Waals surface area contributed by atoms with Gasteiger partial charge in [0.1, 0.15) is 30.4 Å². The van der Waals surface area contributed by atoms with E-state index in [9.17, 15) is 19.5 Å². The van der Waals surface area contributed by atoms with E-state index in [0.717, 1.165) is 45.2 Å². The minimum Gasteiger partial charge on any atom is -0.497 e. The molecule has 2 aromatic heterocycles. The average Bonchev–Trinajstić information content (AvgIpc) is 3.34. The number of ketones is 1. The molecule has 64 heavy (non-hydrogen) atoms. The first kappa shape index (κ1) is 43.8. The minimum atomic E-state index is -1.16. The van der Waals surface area contributed by atoms with Crippen LogP contribution in [0.1, 0.15) is 59.2 Å². The number of hydrogen-bond donors (Lipinski definition) is 1. The molecule has 8 rings (SSSR count). The van der Waals surface area contributed by atoms with Gasteiger partial charge in [-0.3, -0.25) is 19.6 Å². The molecular formula is C52H44N2O10. The Kier molecular flexibility index (Phi) is 14.1. The maximum atomic E-state index is 13.3. The van der Waals surface area contributed by atoms with Gasteiger partial charge in [0.05, 0.1) is 39.7 Å². The van der Waals surface area contributed by atoms with Crippen LogP contribution in [0.2, 0.25) is 0 Å². The van der Waals surface area contributed by atoms with Gasteiger partial charge in [-0.2, -0.15) is 0 Å². The van der Waals surface area contributed by atoms with E-state index in [1.54, 1.807) is 56.8 Å². The zero-order valence-corrected chi connectivity index (χ0v) is 35.6. The smallest absolute Gasteiger partial charge is 0.337 e. The molecule has 6 aromatic carbocycles. The Bertz CT molecular complexity index is 2940. The molecule has 0 aliphatic carbocycles. The number of carbonyl (C=O) groups is 3. The SMILES string of the molecule is COc1cccc(C(=O)c2ncc(C(=O)O)c3cc(OCc4ccccc4)c(OC)cc23)c1.COc1cccc(Cc2ncc(C=O)c3cc(OCc4ccccc4)c(OC)cc23)c1. The highest BCUT2D eigenvalue weighted by molar-refractivity contribution is 6.18. The van der Waals surface area contributed by atoms with Crippen molar-refractivity contribution < 1.29 is 47.9 Å². The fourth-order valence-corrected chi connectivity index (χ4v) is 7.05. The number of rotatable bonds is 16. The van der Waals surface area contributed by atoms with Crippen LogP contribution in [0.15, 0.2) is 146 Å². The van der Waals surface area contributed by atoms with Crippen LogP contribution in [-0.4, -0.2) is 61.6 Å². The van der Waals surface area contributed by atoms with E-state index in [0.29, 0.717) is 63.7 Å². The van der Waals surface area contributed by atoms with E-state index in [4.69, 9.17) is 28.4 Å². The van der Waals surface area contributed by atoms with Gasteiger partial charge in [-0.1, -0.05) is 84.9 Å². The second kappa shape index (κ2) is 20.5. The van der Waals surface area contributed by atoms with E-state index < -0.39 is 5.97 Å². The molecule has 0 bridgehead atoms. The van der Waals surface area contributed by atoms with Crippen molar-refractivity contribution in [3.8, 4) is 34.5 Å². The molecule has 0 saturated heterocycles. The van der Waals surface area contributed by atoms with Crippen molar-refractivity contribution in [1.29, 1.82) is 0 Å². The van der Waals surface area contributed by atoms with Crippen LogP contribution < -0.4 is 28.4 Å². The third-order valence-electron chi connectivity index (χ3n) is 10.3. The van der Waals surface area contributed by atoms with Gasteiger partial charge in [0.25, 0.3) is 0 Å². The first-order valence-corrected chi connectivity index (χ1v) is 20.1. The highest BCUT2D eigenvalue weighted by atomic mass is 16.5. The van der Waals surface area contributed by atoms with E-state index in [1.165, 1.54) is 20.4 Å². The van der Waals surface area contributed by atoms with Gasteiger partial charge in [0, 0.05) is 46.1 Å². The zero-order valence-electron chi connectivity index (χ0n) is 35.6. The first-order valence-electron chi connectivity index (χ1n) is 20.1. The lowest BCUT2D eigenvalue weighted by atomic mass is 9.99. The topological polar surface area (TPSA) is 153 Å². The highest BCUT2D eigenvalue weighted by Crippen LogP contribution is 2.38. The van der Waals surface area contributed by atoms with Crippen molar-refractivity contribution in [3.63, 3.8) is 0 Å².